The van der Waals surface area contributed by atoms with Gasteiger partial charge in [0.15, 0.2) is 0 Å². The van der Waals surface area contributed by atoms with Crippen LogP contribution in [0.3, 0.4) is 0 Å². The van der Waals surface area contributed by atoms with E-state index in [1.807, 2.05) is 47.9 Å². The molecule has 1 aromatic rings. The van der Waals surface area contributed by atoms with Gasteiger partial charge in [-0.25, -0.2) is 0 Å². The van der Waals surface area contributed by atoms with E-state index in [0.717, 1.165) is 23.7 Å². The maximum atomic E-state index is 10.8. The number of carboxylic acids is 1. The average molecular weight is 253 g/mol. The minimum atomic E-state index is -0.785. The van der Waals surface area contributed by atoms with Crippen LogP contribution in [-0.4, -0.2) is 35.7 Å². The van der Waals surface area contributed by atoms with Crippen molar-refractivity contribution < 1.29 is 9.90 Å². The third-order valence-corrected chi connectivity index (χ3v) is 3.31. The molecule has 3 nitrogen and oxygen atoms in total. The molecule has 0 saturated carbocycles. The Labute approximate surface area is 107 Å². The Bertz CT molecular complexity index is 351. The van der Waals surface area contributed by atoms with Crippen molar-refractivity contribution in [2.75, 3.05) is 29.5 Å². The Balaban J connectivity index is 2.67. The molecule has 4 heteroatoms. The van der Waals surface area contributed by atoms with Crippen molar-refractivity contribution in [3.8, 4) is 0 Å². The summed E-state index contributed by atoms with van der Waals surface area (Å²) in [6, 6.07) is 7.98. The lowest BCUT2D eigenvalue weighted by Crippen LogP contribution is -2.31. The van der Waals surface area contributed by atoms with Gasteiger partial charge in [0.2, 0.25) is 0 Å². The molecule has 0 bridgehead atoms. The van der Waals surface area contributed by atoms with Gasteiger partial charge in [-0.05, 0) is 24.8 Å². The highest BCUT2D eigenvalue weighted by Crippen LogP contribution is 2.15. The van der Waals surface area contributed by atoms with Crippen molar-refractivity contribution >= 4 is 23.4 Å². The Kier molecular flexibility index (Phi) is 5.91. The Morgan fingerprint density at radius 3 is 2.53 bits per heavy atom. The van der Waals surface area contributed by atoms with Gasteiger partial charge in [0.05, 0.1) is 0 Å². The molecule has 0 aliphatic rings. The zero-order valence-electron chi connectivity index (χ0n) is 10.3. The molecule has 0 fully saturated rings. The number of hydrogen-bond donors (Lipinski definition) is 1. The summed E-state index contributed by atoms with van der Waals surface area (Å²) in [7, 11) is 0. The number of hydrogen-bond acceptors (Lipinski definition) is 3. The van der Waals surface area contributed by atoms with E-state index >= 15 is 0 Å². The van der Waals surface area contributed by atoms with Crippen LogP contribution in [0.25, 0.3) is 0 Å². The third kappa shape index (κ3) is 5.13. The Morgan fingerprint density at radius 1 is 1.35 bits per heavy atom. The summed E-state index contributed by atoms with van der Waals surface area (Å²) in [6.07, 6.45) is 0. The fourth-order valence-corrected chi connectivity index (χ4v) is 2.18. The number of nitrogens with zero attached hydrogens (tertiary/aromatic N) is 1. The summed E-state index contributed by atoms with van der Waals surface area (Å²) in [6.45, 7) is 4.97. The Hall–Kier alpha value is -1.16. The summed E-state index contributed by atoms with van der Waals surface area (Å²) < 4.78 is 0. The number of carboxylic acid groups (broad SMARTS) is 1. The number of aryl methyl sites for hydroxylation is 1. The van der Waals surface area contributed by atoms with E-state index in [2.05, 4.69) is 6.92 Å². The van der Waals surface area contributed by atoms with E-state index in [9.17, 15) is 4.79 Å². The fraction of sp³-hybridized carbons (Fsp3) is 0.462. The number of carbonyl (C=O) groups is 1. The SMILES string of the molecule is CCSCCN(CC(=O)O)c1ccc(C)cc1. The first-order chi connectivity index (χ1) is 8.13. The topological polar surface area (TPSA) is 40.5 Å². The molecule has 1 N–H and O–H groups in total. The van der Waals surface area contributed by atoms with E-state index in [4.69, 9.17) is 5.11 Å². The molecule has 17 heavy (non-hydrogen) atoms. The molecule has 0 atom stereocenters. The quantitative estimate of drug-likeness (QED) is 0.758. The highest BCUT2D eigenvalue weighted by atomic mass is 32.2. The predicted molar refractivity (Wildman–Crippen MR) is 74.0 cm³/mol. The molecule has 0 saturated heterocycles. The van der Waals surface area contributed by atoms with Gasteiger partial charge in [-0.2, -0.15) is 11.8 Å². The number of aliphatic carboxylic acids is 1. The maximum Gasteiger partial charge on any atom is 0.323 e. The molecule has 94 valence electrons. The second kappa shape index (κ2) is 7.22. The van der Waals surface area contributed by atoms with Crippen LogP contribution < -0.4 is 4.90 Å². The lowest BCUT2D eigenvalue weighted by atomic mass is 10.2. The largest absolute Gasteiger partial charge is 0.480 e. The molecule has 0 aliphatic carbocycles. The first-order valence-corrected chi connectivity index (χ1v) is 6.90. The predicted octanol–water partition coefficient (Wildman–Crippen LogP) is 2.64. The minimum Gasteiger partial charge on any atom is -0.480 e. The van der Waals surface area contributed by atoms with Gasteiger partial charge in [-0.15, -0.1) is 0 Å². The van der Waals surface area contributed by atoms with Gasteiger partial charge in [-0.1, -0.05) is 24.6 Å². The molecular weight excluding hydrogens is 234 g/mol. The Morgan fingerprint density at radius 2 is 2.00 bits per heavy atom. The minimum absolute atomic E-state index is 0.0628. The third-order valence-electron chi connectivity index (χ3n) is 2.43. The summed E-state index contributed by atoms with van der Waals surface area (Å²) in [5.74, 6) is 1.24. The van der Waals surface area contributed by atoms with Gasteiger partial charge in [-0.3, -0.25) is 4.79 Å². The van der Waals surface area contributed by atoms with Crippen molar-refractivity contribution in [3.63, 3.8) is 0 Å². The molecule has 1 aromatic carbocycles. The molecule has 0 aromatic heterocycles. The summed E-state index contributed by atoms with van der Waals surface area (Å²) in [4.78, 5) is 12.7. The van der Waals surface area contributed by atoms with Crippen LogP contribution in [0.15, 0.2) is 24.3 Å². The summed E-state index contributed by atoms with van der Waals surface area (Å²) in [5, 5.41) is 8.91. The molecule has 0 radical (unpaired) electrons. The fourth-order valence-electron chi connectivity index (χ4n) is 1.54. The zero-order valence-corrected chi connectivity index (χ0v) is 11.2. The van der Waals surface area contributed by atoms with Crippen molar-refractivity contribution in [1.82, 2.24) is 0 Å². The van der Waals surface area contributed by atoms with Crippen molar-refractivity contribution in [2.24, 2.45) is 0 Å². The van der Waals surface area contributed by atoms with E-state index < -0.39 is 5.97 Å². The number of rotatable bonds is 7. The first kappa shape index (κ1) is 13.9. The van der Waals surface area contributed by atoms with Gasteiger partial charge in [0.25, 0.3) is 0 Å². The second-order valence-electron chi connectivity index (χ2n) is 3.85. The van der Waals surface area contributed by atoms with Crippen LogP contribution in [-0.2, 0) is 4.79 Å². The maximum absolute atomic E-state index is 10.8. The van der Waals surface area contributed by atoms with Crippen LogP contribution in [0, 0.1) is 6.92 Å². The number of anilines is 1. The van der Waals surface area contributed by atoms with Crippen LogP contribution in [0.5, 0.6) is 0 Å². The van der Waals surface area contributed by atoms with Crippen LogP contribution in [0.2, 0.25) is 0 Å². The van der Waals surface area contributed by atoms with Gasteiger partial charge in [0.1, 0.15) is 6.54 Å². The van der Waals surface area contributed by atoms with Crippen LogP contribution in [0.4, 0.5) is 5.69 Å². The first-order valence-electron chi connectivity index (χ1n) is 5.74. The highest BCUT2D eigenvalue weighted by Gasteiger charge is 2.09. The normalized spacial score (nSPS) is 10.2. The van der Waals surface area contributed by atoms with E-state index in [-0.39, 0.29) is 6.54 Å². The molecule has 0 aliphatic heterocycles. The molecule has 0 spiro atoms. The standard InChI is InChI=1S/C13H19NO2S/c1-3-17-9-8-14(10-13(15)16)12-6-4-11(2)5-7-12/h4-7H,3,8-10H2,1-2H3,(H,15,16). The van der Waals surface area contributed by atoms with Gasteiger partial charge in [0, 0.05) is 18.0 Å². The average Bonchev–Trinajstić information content (AvgIpc) is 2.28. The summed E-state index contributed by atoms with van der Waals surface area (Å²) in [5.41, 5.74) is 2.17. The monoisotopic (exact) mass is 253 g/mol. The van der Waals surface area contributed by atoms with Gasteiger partial charge < -0.3 is 10.0 Å². The van der Waals surface area contributed by atoms with Crippen molar-refractivity contribution in [1.29, 1.82) is 0 Å². The zero-order chi connectivity index (χ0) is 12.7. The molecular formula is C13H19NO2S. The van der Waals surface area contributed by atoms with Crippen molar-refractivity contribution in [2.45, 2.75) is 13.8 Å². The highest BCUT2D eigenvalue weighted by molar-refractivity contribution is 7.99. The van der Waals surface area contributed by atoms with E-state index in [1.54, 1.807) is 0 Å². The smallest absolute Gasteiger partial charge is 0.323 e. The van der Waals surface area contributed by atoms with E-state index in [1.165, 1.54) is 5.56 Å². The van der Waals surface area contributed by atoms with Gasteiger partial charge >= 0.3 is 5.97 Å². The molecule has 1 rings (SSSR count). The van der Waals surface area contributed by atoms with Crippen molar-refractivity contribution in [3.05, 3.63) is 29.8 Å². The lowest BCUT2D eigenvalue weighted by molar-refractivity contribution is -0.135. The lowest BCUT2D eigenvalue weighted by Gasteiger charge is -2.22. The summed E-state index contributed by atoms with van der Waals surface area (Å²) >= 11 is 1.83. The number of benzene rings is 1. The number of thioether (sulfide) groups is 1. The molecule has 0 unspecified atom stereocenters. The van der Waals surface area contributed by atoms with E-state index in [0.29, 0.717) is 0 Å². The van der Waals surface area contributed by atoms with Crippen LogP contribution in [0.1, 0.15) is 12.5 Å². The molecule has 0 heterocycles. The second-order valence-corrected chi connectivity index (χ2v) is 5.24. The van der Waals surface area contributed by atoms with Crippen LogP contribution >= 0.6 is 11.8 Å². The molecule has 0 amide bonds.